The van der Waals surface area contributed by atoms with E-state index in [-0.39, 0.29) is 5.03 Å². The van der Waals surface area contributed by atoms with Gasteiger partial charge < -0.3 is 5.11 Å². The fraction of sp³-hybridized carbons (Fsp3) is 0. The number of halogens is 2. The Morgan fingerprint density at radius 3 is 2.83 bits per heavy atom. The summed E-state index contributed by atoms with van der Waals surface area (Å²) in [6.45, 7) is 0. The zero-order valence-corrected chi connectivity index (χ0v) is 10.5. The van der Waals surface area contributed by atoms with Crippen LogP contribution < -0.4 is 0 Å². The van der Waals surface area contributed by atoms with Crippen molar-refractivity contribution in [3.63, 3.8) is 0 Å². The number of hydrogen-bond acceptors (Lipinski definition) is 3. The van der Waals surface area contributed by atoms with Crippen LogP contribution in [-0.4, -0.2) is 16.1 Å². The minimum Gasteiger partial charge on any atom is -0.478 e. The second-order valence-corrected chi connectivity index (χ2v) is 4.84. The number of carboxylic acids is 1. The van der Waals surface area contributed by atoms with Crippen molar-refractivity contribution in [3.8, 4) is 0 Å². The van der Waals surface area contributed by atoms with E-state index in [0.29, 0.717) is 9.92 Å². The second kappa shape index (κ2) is 5.37. The fourth-order valence-corrected chi connectivity index (χ4v) is 2.43. The first-order valence-corrected chi connectivity index (χ1v) is 6.08. The quantitative estimate of drug-likeness (QED) is 0.932. The van der Waals surface area contributed by atoms with E-state index in [4.69, 9.17) is 16.7 Å². The van der Waals surface area contributed by atoms with Gasteiger partial charge in [0.1, 0.15) is 5.03 Å². The summed E-state index contributed by atoms with van der Waals surface area (Å²) in [5.41, 5.74) is -0.394. The van der Waals surface area contributed by atoms with Gasteiger partial charge in [0.2, 0.25) is 0 Å². The Morgan fingerprint density at radius 2 is 2.17 bits per heavy atom. The summed E-state index contributed by atoms with van der Waals surface area (Å²) in [7, 11) is 0. The number of aromatic nitrogens is 1. The molecule has 0 spiro atoms. The van der Waals surface area contributed by atoms with Crippen LogP contribution in [0, 0.1) is 5.82 Å². The minimum absolute atomic E-state index is 0.0113. The summed E-state index contributed by atoms with van der Waals surface area (Å²) in [6.07, 6.45) is 1.26. The van der Waals surface area contributed by atoms with Gasteiger partial charge in [-0.25, -0.2) is 14.2 Å². The molecule has 0 radical (unpaired) electrons. The van der Waals surface area contributed by atoms with E-state index >= 15 is 0 Å². The molecule has 1 aromatic heterocycles. The lowest BCUT2D eigenvalue weighted by Crippen LogP contribution is -2.02. The van der Waals surface area contributed by atoms with E-state index < -0.39 is 17.3 Å². The Kier molecular flexibility index (Phi) is 3.84. The fourth-order valence-electron chi connectivity index (χ4n) is 1.30. The van der Waals surface area contributed by atoms with E-state index in [1.54, 1.807) is 24.3 Å². The molecule has 0 unspecified atom stereocenters. The van der Waals surface area contributed by atoms with Crippen LogP contribution in [0.1, 0.15) is 10.4 Å². The Labute approximate surface area is 112 Å². The Balaban J connectivity index is 2.35. The van der Waals surface area contributed by atoms with Gasteiger partial charge in [0, 0.05) is 16.1 Å². The number of benzene rings is 1. The number of carboxylic acid groups (broad SMARTS) is 1. The van der Waals surface area contributed by atoms with Crippen molar-refractivity contribution in [3.05, 3.63) is 52.9 Å². The van der Waals surface area contributed by atoms with Gasteiger partial charge in [-0.05, 0) is 24.3 Å². The maximum Gasteiger partial charge on any atom is 0.338 e. The lowest BCUT2D eigenvalue weighted by molar-refractivity contribution is 0.0691. The lowest BCUT2D eigenvalue weighted by Gasteiger charge is -2.04. The Hall–Kier alpha value is -1.59. The third-order valence-corrected chi connectivity index (χ3v) is 3.30. The molecule has 0 bridgehead atoms. The first-order chi connectivity index (χ1) is 8.58. The maximum absolute atomic E-state index is 13.8. The van der Waals surface area contributed by atoms with Gasteiger partial charge in [0.05, 0.1) is 5.56 Å². The predicted molar refractivity (Wildman–Crippen MR) is 66.7 cm³/mol. The molecule has 0 aliphatic rings. The highest BCUT2D eigenvalue weighted by Gasteiger charge is 2.15. The van der Waals surface area contributed by atoms with Crippen LogP contribution in [0.25, 0.3) is 0 Å². The molecule has 0 aliphatic heterocycles. The zero-order chi connectivity index (χ0) is 13.1. The average molecular weight is 284 g/mol. The van der Waals surface area contributed by atoms with E-state index in [1.165, 1.54) is 6.20 Å². The highest BCUT2D eigenvalue weighted by molar-refractivity contribution is 7.99. The summed E-state index contributed by atoms with van der Waals surface area (Å²) >= 11 is 6.84. The van der Waals surface area contributed by atoms with Gasteiger partial charge in [-0.2, -0.15) is 0 Å². The highest BCUT2D eigenvalue weighted by atomic mass is 35.5. The molecule has 1 N–H and O–H groups in total. The molecule has 0 aliphatic carbocycles. The van der Waals surface area contributed by atoms with Gasteiger partial charge in [-0.3, -0.25) is 0 Å². The van der Waals surface area contributed by atoms with Gasteiger partial charge in [-0.15, -0.1) is 0 Å². The molecule has 2 rings (SSSR count). The van der Waals surface area contributed by atoms with E-state index in [9.17, 15) is 9.18 Å². The molecule has 0 amide bonds. The number of carbonyl (C=O) groups is 1. The van der Waals surface area contributed by atoms with Crippen molar-refractivity contribution in [2.75, 3.05) is 0 Å². The van der Waals surface area contributed by atoms with Crippen molar-refractivity contribution < 1.29 is 14.3 Å². The summed E-state index contributed by atoms with van der Waals surface area (Å²) in [5.74, 6) is -2.15. The molecule has 0 saturated heterocycles. The van der Waals surface area contributed by atoms with E-state index in [1.807, 2.05) is 0 Å². The Bertz CT molecular complexity index is 606. The first-order valence-electron chi connectivity index (χ1n) is 4.89. The van der Waals surface area contributed by atoms with Crippen LogP contribution >= 0.6 is 23.4 Å². The summed E-state index contributed by atoms with van der Waals surface area (Å²) in [4.78, 5) is 15.3. The summed E-state index contributed by atoms with van der Waals surface area (Å²) in [6, 6.07) is 7.94. The molecule has 0 atom stereocenters. The lowest BCUT2D eigenvalue weighted by atomic mass is 10.3. The molecule has 92 valence electrons. The topological polar surface area (TPSA) is 50.2 Å². The SMILES string of the molecule is O=C(O)c1ccnc(Sc2cccc(Cl)c2)c1F. The van der Waals surface area contributed by atoms with Crippen molar-refractivity contribution in [1.82, 2.24) is 4.98 Å². The molecule has 0 fully saturated rings. The van der Waals surface area contributed by atoms with Crippen LogP contribution in [-0.2, 0) is 0 Å². The highest BCUT2D eigenvalue weighted by Crippen LogP contribution is 2.30. The maximum atomic E-state index is 13.8. The molecule has 6 heteroatoms. The van der Waals surface area contributed by atoms with Gasteiger partial charge in [-0.1, -0.05) is 29.4 Å². The van der Waals surface area contributed by atoms with Crippen molar-refractivity contribution >= 4 is 29.3 Å². The van der Waals surface area contributed by atoms with E-state index in [0.717, 1.165) is 17.8 Å². The number of aromatic carboxylic acids is 1. The normalized spacial score (nSPS) is 10.3. The third-order valence-electron chi connectivity index (χ3n) is 2.10. The number of nitrogens with zero attached hydrogens (tertiary/aromatic N) is 1. The van der Waals surface area contributed by atoms with Crippen LogP contribution in [0.5, 0.6) is 0 Å². The number of pyridine rings is 1. The van der Waals surface area contributed by atoms with Crippen LogP contribution in [0.2, 0.25) is 5.02 Å². The molecule has 0 saturated carbocycles. The third kappa shape index (κ3) is 2.80. The number of hydrogen-bond donors (Lipinski definition) is 1. The first kappa shape index (κ1) is 12.9. The summed E-state index contributed by atoms with van der Waals surface area (Å²) < 4.78 is 13.8. The molecule has 2 aromatic rings. The standard InChI is InChI=1S/C12H7ClFNO2S/c13-7-2-1-3-8(6-7)18-11-10(14)9(12(16)17)4-5-15-11/h1-6H,(H,16,17). The molecular weight excluding hydrogens is 277 g/mol. The monoisotopic (exact) mass is 283 g/mol. The van der Waals surface area contributed by atoms with Gasteiger partial charge >= 0.3 is 5.97 Å². The zero-order valence-electron chi connectivity index (χ0n) is 8.93. The predicted octanol–water partition coefficient (Wildman–Crippen LogP) is 3.72. The van der Waals surface area contributed by atoms with Gasteiger partial charge in [0.15, 0.2) is 5.82 Å². The smallest absolute Gasteiger partial charge is 0.338 e. The summed E-state index contributed by atoms with van der Waals surface area (Å²) in [5, 5.41) is 9.34. The molecule has 1 aromatic carbocycles. The molecular formula is C12H7ClFNO2S. The molecule has 1 heterocycles. The van der Waals surface area contributed by atoms with Crippen LogP contribution in [0.15, 0.2) is 46.5 Å². The van der Waals surface area contributed by atoms with Crippen LogP contribution in [0.3, 0.4) is 0 Å². The van der Waals surface area contributed by atoms with Gasteiger partial charge in [0.25, 0.3) is 0 Å². The molecule has 3 nitrogen and oxygen atoms in total. The van der Waals surface area contributed by atoms with Crippen LogP contribution in [0.4, 0.5) is 4.39 Å². The Morgan fingerprint density at radius 1 is 1.39 bits per heavy atom. The number of rotatable bonds is 3. The average Bonchev–Trinajstić information content (AvgIpc) is 2.31. The molecule has 18 heavy (non-hydrogen) atoms. The largest absolute Gasteiger partial charge is 0.478 e. The van der Waals surface area contributed by atoms with Crippen molar-refractivity contribution in [1.29, 1.82) is 0 Å². The van der Waals surface area contributed by atoms with Crippen molar-refractivity contribution in [2.24, 2.45) is 0 Å². The second-order valence-electron chi connectivity index (χ2n) is 3.34. The van der Waals surface area contributed by atoms with E-state index in [2.05, 4.69) is 4.98 Å². The van der Waals surface area contributed by atoms with Crippen molar-refractivity contribution in [2.45, 2.75) is 9.92 Å². The minimum atomic E-state index is -1.32.